The molecule has 5 heterocycles. The van der Waals surface area contributed by atoms with E-state index in [1.165, 1.54) is 16.7 Å². The van der Waals surface area contributed by atoms with Crippen molar-refractivity contribution >= 4 is 28.9 Å². The van der Waals surface area contributed by atoms with Gasteiger partial charge in [0, 0.05) is 54.8 Å². The van der Waals surface area contributed by atoms with Crippen molar-refractivity contribution in [3.05, 3.63) is 53.3 Å². The normalized spacial score (nSPS) is 24.3. The van der Waals surface area contributed by atoms with Crippen molar-refractivity contribution in [1.29, 1.82) is 0 Å². The van der Waals surface area contributed by atoms with Crippen molar-refractivity contribution in [3.63, 3.8) is 0 Å². The molecule has 6 rings (SSSR count). The second kappa shape index (κ2) is 16.3. The summed E-state index contributed by atoms with van der Waals surface area (Å²) < 4.78 is 62.1. The number of amides is 2. The first-order valence-electron chi connectivity index (χ1n) is 19.5. The van der Waals surface area contributed by atoms with Gasteiger partial charge in [-0.2, -0.15) is 13.2 Å². The summed E-state index contributed by atoms with van der Waals surface area (Å²) in [6, 6.07) is 7.40. The van der Waals surface area contributed by atoms with Crippen LogP contribution in [0.15, 0.2) is 36.5 Å². The molecule has 0 spiro atoms. The number of methoxy groups -OCH3 is 1. The number of carbonyl (C=O) groups is 3. The average molecular weight is 785 g/mol. The minimum Gasteiger partial charge on any atom is -0.464 e. The number of piperidine rings is 1. The number of carbonyl (C=O) groups excluding carboxylic acids is 3. The zero-order valence-corrected chi connectivity index (χ0v) is 33.4. The average Bonchev–Trinajstić information content (AvgIpc) is 3.41. The molecule has 3 aromatic rings. The fourth-order valence-electron chi connectivity index (χ4n) is 8.17. The summed E-state index contributed by atoms with van der Waals surface area (Å²) in [4.78, 5) is 47.5. The Bertz CT molecular complexity index is 1920. The number of pyridine rings is 1. The summed E-state index contributed by atoms with van der Waals surface area (Å²) in [6.07, 6.45) is -1.27. The first-order chi connectivity index (χ1) is 26.3. The third-order valence-corrected chi connectivity index (χ3v) is 10.8. The molecule has 5 atom stereocenters. The lowest BCUT2D eigenvalue weighted by molar-refractivity contribution is -0.155. The Labute approximate surface area is 326 Å². The molecular weight excluding hydrogens is 729 g/mol. The quantitative estimate of drug-likeness (QED) is 0.273. The van der Waals surface area contributed by atoms with Crippen LogP contribution < -0.4 is 10.7 Å². The van der Waals surface area contributed by atoms with E-state index in [4.69, 9.17) is 14.2 Å². The highest BCUT2D eigenvalue weighted by atomic mass is 19.4. The van der Waals surface area contributed by atoms with E-state index < -0.39 is 54.0 Å². The first kappa shape index (κ1) is 41.4. The molecule has 6 bridgehead atoms. The number of hydrogen-bond donors (Lipinski definition) is 2. The second-order valence-electron chi connectivity index (χ2n) is 17.2. The molecule has 0 saturated carbocycles. The van der Waals surface area contributed by atoms with Crippen molar-refractivity contribution < 1.29 is 41.8 Å². The zero-order chi connectivity index (χ0) is 40.6. The fourth-order valence-corrected chi connectivity index (χ4v) is 8.17. The molecule has 1 unspecified atom stereocenters. The van der Waals surface area contributed by atoms with Crippen LogP contribution in [0.2, 0.25) is 0 Å². The number of cyclic esters (lactones) is 1. The number of benzene rings is 1. The second-order valence-corrected chi connectivity index (χ2v) is 17.2. The van der Waals surface area contributed by atoms with Crippen molar-refractivity contribution in [2.24, 2.45) is 5.41 Å². The third-order valence-electron chi connectivity index (χ3n) is 10.8. The maximum atomic E-state index is 14.5. The number of halogens is 3. The van der Waals surface area contributed by atoms with Crippen LogP contribution in [0, 0.1) is 5.41 Å². The highest BCUT2D eigenvalue weighted by molar-refractivity contribution is 5.93. The molecular formula is C41H55F3N6O6. The van der Waals surface area contributed by atoms with Gasteiger partial charge in [-0.3, -0.25) is 19.6 Å². The number of hydrazine groups is 1. The predicted octanol–water partition coefficient (Wildman–Crippen LogP) is 6.67. The standard InChI is InChI=1S/C41H55F3N6O6/c1-25(54-7)34-28(12-8-16-45-34)35-30-20-40(5,6)24-55-37(52)31-13-10-18-50(47-31)36(51)32(46-38(53)56-39(2,3)4)22-48-17-9-11-27(21-48)26-14-15-33(29(30)19-26)49(35)23-41(42,43)44/h8,12,14-16,19,25,27,31-32,47H,9-11,13,17-18,20-24H2,1-7H3,(H,46,53)/t25-,27+,31-,32-/m0/s1. The first-order valence-corrected chi connectivity index (χ1v) is 19.5. The van der Waals surface area contributed by atoms with Crippen molar-refractivity contribution in [1.82, 2.24) is 30.2 Å². The van der Waals surface area contributed by atoms with Gasteiger partial charge >= 0.3 is 18.2 Å². The summed E-state index contributed by atoms with van der Waals surface area (Å²) in [5.41, 5.74) is 5.10. The maximum Gasteiger partial charge on any atom is 0.408 e. The van der Waals surface area contributed by atoms with Crippen molar-refractivity contribution in [3.8, 4) is 11.3 Å². The number of fused-ring (bicyclic) bond motifs is 6. The van der Waals surface area contributed by atoms with Crippen LogP contribution in [0.5, 0.6) is 0 Å². The summed E-state index contributed by atoms with van der Waals surface area (Å²) in [7, 11) is 1.54. The van der Waals surface area contributed by atoms with E-state index in [2.05, 4.69) is 20.6 Å². The molecule has 2 aromatic heterocycles. The maximum absolute atomic E-state index is 14.5. The molecule has 2 saturated heterocycles. The smallest absolute Gasteiger partial charge is 0.408 e. The Hall–Kier alpha value is -4.21. The van der Waals surface area contributed by atoms with E-state index in [1.54, 1.807) is 45.2 Å². The molecule has 306 valence electrons. The molecule has 56 heavy (non-hydrogen) atoms. The van der Waals surface area contributed by atoms with Gasteiger partial charge in [-0.15, -0.1) is 0 Å². The van der Waals surface area contributed by atoms with Gasteiger partial charge in [0.25, 0.3) is 5.91 Å². The number of alkyl carbamates (subject to hydrolysis) is 1. The monoisotopic (exact) mass is 784 g/mol. The number of aromatic nitrogens is 2. The van der Waals surface area contributed by atoms with Gasteiger partial charge in [0.2, 0.25) is 0 Å². The molecule has 2 N–H and O–H groups in total. The van der Waals surface area contributed by atoms with Gasteiger partial charge in [-0.1, -0.05) is 19.9 Å². The van der Waals surface area contributed by atoms with E-state index in [1.807, 2.05) is 32.9 Å². The molecule has 2 fully saturated rings. The lowest BCUT2D eigenvalue weighted by Crippen LogP contribution is -2.62. The van der Waals surface area contributed by atoms with E-state index in [0.717, 1.165) is 18.4 Å². The zero-order valence-electron chi connectivity index (χ0n) is 33.4. The highest BCUT2D eigenvalue weighted by Crippen LogP contribution is 2.43. The van der Waals surface area contributed by atoms with E-state index in [-0.39, 0.29) is 31.4 Å². The van der Waals surface area contributed by atoms with Crippen LogP contribution in [0.25, 0.3) is 22.2 Å². The summed E-state index contributed by atoms with van der Waals surface area (Å²) >= 11 is 0. The number of nitrogens with zero attached hydrogens (tertiary/aromatic N) is 4. The number of ether oxygens (including phenoxy) is 3. The molecule has 12 nitrogen and oxygen atoms in total. The van der Waals surface area contributed by atoms with Crippen LogP contribution in [0.3, 0.4) is 0 Å². The van der Waals surface area contributed by atoms with Crippen LogP contribution in [-0.4, -0.2) is 101 Å². The number of hydrogen-bond acceptors (Lipinski definition) is 9. The number of alkyl halides is 3. The van der Waals surface area contributed by atoms with Gasteiger partial charge in [0.15, 0.2) is 0 Å². The molecule has 0 radical (unpaired) electrons. The minimum atomic E-state index is -4.53. The Balaban J connectivity index is 1.49. The van der Waals surface area contributed by atoms with Gasteiger partial charge in [0.1, 0.15) is 24.2 Å². The van der Waals surface area contributed by atoms with Crippen LogP contribution in [0.4, 0.5) is 18.0 Å². The predicted molar refractivity (Wildman–Crippen MR) is 205 cm³/mol. The summed E-state index contributed by atoms with van der Waals surface area (Å²) in [5.74, 6) is -0.933. The van der Waals surface area contributed by atoms with E-state index in [9.17, 15) is 27.6 Å². The molecule has 2 amide bonds. The van der Waals surface area contributed by atoms with Gasteiger partial charge in [-0.05, 0) is 108 Å². The SMILES string of the molecule is CO[C@@H](C)c1ncccc1-c1c2c3cc(ccc3n1CC(F)(F)F)[C@@H]1CCCN(C1)C[C@H](NC(=O)OC(C)(C)C)C(=O)N1CCC[C@H](N1)C(=O)OCC(C)(C)C2. The fraction of sp³-hybridized carbons (Fsp3) is 0.610. The third kappa shape index (κ3) is 9.66. The Kier molecular flexibility index (Phi) is 12.1. The number of esters is 1. The van der Waals surface area contributed by atoms with Crippen molar-refractivity contribution in [2.75, 3.05) is 39.9 Å². The molecule has 1 aromatic carbocycles. The van der Waals surface area contributed by atoms with E-state index >= 15 is 0 Å². The summed E-state index contributed by atoms with van der Waals surface area (Å²) in [6.45, 7) is 11.4. The van der Waals surface area contributed by atoms with Gasteiger partial charge < -0.3 is 29.0 Å². The Morgan fingerprint density at radius 2 is 1.86 bits per heavy atom. The summed E-state index contributed by atoms with van der Waals surface area (Å²) in [5, 5.41) is 4.88. The number of nitrogens with one attached hydrogen (secondary N) is 2. The van der Waals surface area contributed by atoms with Gasteiger partial charge in [0.05, 0.1) is 24.1 Å². The molecule has 0 aliphatic carbocycles. The van der Waals surface area contributed by atoms with Gasteiger partial charge in [-0.25, -0.2) is 10.2 Å². The minimum absolute atomic E-state index is 0.000465. The molecule has 3 aliphatic rings. The molecule has 15 heteroatoms. The Morgan fingerprint density at radius 3 is 2.57 bits per heavy atom. The number of rotatable bonds is 5. The van der Waals surface area contributed by atoms with Crippen LogP contribution >= 0.6 is 0 Å². The highest BCUT2D eigenvalue weighted by Gasteiger charge is 2.38. The van der Waals surface area contributed by atoms with Crippen LogP contribution in [-0.2, 0) is 36.8 Å². The van der Waals surface area contributed by atoms with Crippen LogP contribution in [0.1, 0.15) is 96.1 Å². The lowest BCUT2D eigenvalue weighted by atomic mass is 9.83. The van der Waals surface area contributed by atoms with E-state index in [0.29, 0.717) is 65.9 Å². The lowest BCUT2D eigenvalue weighted by Gasteiger charge is -2.38. The largest absolute Gasteiger partial charge is 0.464 e. The topological polar surface area (TPSA) is 127 Å². The van der Waals surface area contributed by atoms with Crippen molar-refractivity contribution in [2.45, 2.75) is 116 Å². The Morgan fingerprint density at radius 1 is 1.11 bits per heavy atom. The molecule has 3 aliphatic heterocycles.